The second-order valence-corrected chi connectivity index (χ2v) is 6.73. The number of rotatable bonds is 6. The van der Waals surface area contributed by atoms with E-state index in [1.54, 1.807) is 4.90 Å². The van der Waals surface area contributed by atoms with E-state index in [4.69, 9.17) is 9.47 Å². The summed E-state index contributed by atoms with van der Waals surface area (Å²) in [5, 5.41) is 2.89. The number of carbonyl (C=O) groups is 2. The van der Waals surface area contributed by atoms with E-state index in [9.17, 15) is 9.59 Å². The molecule has 0 unspecified atom stereocenters. The predicted octanol–water partition coefficient (Wildman–Crippen LogP) is 3.41. The molecule has 142 valence electrons. The lowest BCUT2D eigenvalue weighted by atomic mass is 10.1. The third kappa shape index (κ3) is 4.78. The van der Waals surface area contributed by atoms with Gasteiger partial charge in [0.1, 0.15) is 0 Å². The molecule has 2 aromatic carbocycles. The molecule has 6 heteroatoms. The van der Waals surface area contributed by atoms with Gasteiger partial charge in [-0.15, -0.1) is 0 Å². The first kappa shape index (κ1) is 18.8. The Balaban J connectivity index is 1.57. The number of anilines is 1. The lowest BCUT2D eigenvalue weighted by molar-refractivity contribution is -0.129. The van der Waals surface area contributed by atoms with E-state index in [1.165, 1.54) is 12.5 Å². The first-order chi connectivity index (χ1) is 12.9. The second-order valence-electron chi connectivity index (χ2n) is 6.73. The summed E-state index contributed by atoms with van der Waals surface area (Å²) in [5.74, 6) is 1.20. The van der Waals surface area contributed by atoms with Gasteiger partial charge in [-0.05, 0) is 54.8 Å². The van der Waals surface area contributed by atoms with Gasteiger partial charge in [0.2, 0.25) is 18.6 Å². The minimum atomic E-state index is -0.116. The van der Waals surface area contributed by atoms with Gasteiger partial charge in [-0.3, -0.25) is 9.59 Å². The van der Waals surface area contributed by atoms with E-state index >= 15 is 0 Å². The smallest absolute Gasteiger partial charge is 0.231 e. The Bertz CT molecular complexity index is 863. The normalized spacial score (nSPS) is 12.0. The molecule has 0 radical (unpaired) electrons. The second kappa shape index (κ2) is 8.12. The lowest BCUT2D eigenvalue weighted by Crippen LogP contribution is -2.31. The number of hydrogen-bond donors (Lipinski definition) is 1. The van der Waals surface area contributed by atoms with E-state index in [0.29, 0.717) is 24.6 Å². The molecule has 0 spiro atoms. The van der Waals surface area contributed by atoms with Crippen molar-refractivity contribution in [1.82, 2.24) is 4.90 Å². The van der Waals surface area contributed by atoms with E-state index in [0.717, 1.165) is 16.8 Å². The van der Waals surface area contributed by atoms with Crippen molar-refractivity contribution in [2.45, 2.75) is 33.7 Å². The molecule has 0 bridgehead atoms. The molecule has 1 aliphatic rings. The summed E-state index contributed by atoms with van der Waals surface area (Å²) in [6.45, 7) is 6.53. The highest BCUT2D eigenvalue weighted by Gasteiger charge is 2.16. The zero-order chi connectivity index (χ0) is 19.4. The van der Waals surface area contributed by atoms with Crippen LogP contribution in [0.15, 0.2) is 36.4 Å². The highest BCUT2D eigenvalue weighted by Crippen LogP contribution is 2.32. The number of fused-ring (bicyclic) bond motifs is 1. The van der Waals surface area contributed by atoms with Crippen molar-refractivity contribution >= 4 is 17.5 Å². The van der Waals surface area contributed by atoms with Crippen LogP contribution in [0.2, 0.25) is 0 Å². The molecule has 2 amide bonds. The quantitative estimate of drug-likeness (QED) is 0.848. The predicted molar refractivity (Wildman–Crippen MR) is 103 cm³/mol. The Morgan fingerprint density at radius 3 is 2.56 bits per heavy atom. The monoisotopic (exact) mass is 368 g/mol. The van der Waals surface area contributed by atoms with Crippen molar-refractivity contribution in [1.29, 1.82) is 0 Å². The van der Waals surface area contributed by atoms with Crippen LogP contribution >= 0.6 is 0 Å². The molecule has 0 fully saturated rings. The van der Waals surface area contributed by atoms with Gasteiger partial charge in [0, 0.05) is 32.1 Å². The maximum absolute atomic E-state index is 12.3. The van der Waals surface area contributed by atoms with Gasteiger partial charge in [0.25, 0.3) is 0 Å². The van der Waals surface area contributed by atoms with Gasteiger partial charge in [-0.25, -0.2) is 0 Å². The number of hydrogen-bond acceptors (Lipinski definition) is 4. The first-order valence-electron chi connectivity index (χ1n) is 8.93. The van der Waals surface area contributed by atoms with Crippen LogP contribution in [0, 0.1) is 13.8 Å². The minimum Gasteiger partial charge on any atom is -0.454 e. The number of carbonyl (C=O) groups excluding carboxylic acids is 2. The fourth-order valence-electron chi connectivity index (χ4n) is 2.89. The SMILES string of the molecule is CC(=O)N(CCC(=O)Nc1ccc(C)c(C)c1)Cc1ccc2c(c1)OCO2. The number of ether oxygens (including phenoxy) is 2. The molecule has 6 nitrogen and oxygen atoms in total. The van der Waals surface area contributed by atoms with Crippen molar-refractivity contribution in [2.75, 3.05) is 18.7 Å². The number of benzene rings is 2. The summed E-state index contributed by atoms with van der Waals surface area (Å²) in [6, 6.07) is 11.4. The number of amides is 2. The molecule has 0 aliphatic carbocycles. The van der Waals surface area contributed by atoms with E-state index < -0.39 is 0 Å². The minimum absolute atomic E-state index is 0.0772. The summed E-state index contributed by atoms with van der Waals surface area (Å²) < 4.78 is 10.7. The number of aryl methyl sites for hydroxylation is 2. The van der Waals surface area contributed by atoms with Crippen LogP contribution in [-0.2, 0) is 16.1 Å². The summed E-state index contributed by atoms with van der Waals surface area (Å²) in [6.07, 6.45) is 0.233. The molecule has 0 saturated heterocycles. The third-order valence-corrected chi connectivity index (χ3v) is 4.66. The van der Waals surface area contributed by atoms with Crippen LogP contribution in [0.25, 0.3) is 0 Å². The molecule has 0 atom stereocenters. The fourth-order valence-corrected chi connectivity index (χ4v) is 2.89. The summed E-state index contributed by atoms with van der Waals surface area (Å²) >= 11 is 0. The zero-order valence-corrected chi connectivity index (χ0v) is 15.9. The van der Waals surface area contributed by atoms with E-state index in [-0.39, 0.29) is 25.0 Å². The average Bonchev–Trinajstić information content (AvgIpc) is 3.09. The van der Waals surface area contributed by atoms with Crippen molar-refractivity contribution in [3.8, 4) is 11.5 Å². The maximum atomic E-state index is 12.3. The largest absolute Gasteiger partial charge is 0.454 e. The van der Waals surface area contributed by atoms with Gasteiger partial charge in [-0.1, -0.05) is 12.1 Å². The summed E-state index contributed by atoms with van der Waals surface area (Å²) in [5.41, 5.74) is 4.01. The summed E-state index contributed by atoms with van der Waals surface area (Å²) in [4.78, 5) is 25.9. The van der Waals surface area contributed by atoms with Crippen LogP contribution in [0.3, 0.4) is 0 Å². The van der Waals surface area contributed by atoms with Crippen LogP contribution < -0.4 is 14.8 Å². The van der Waals surface area contributed by atoms with Gasteiger partial charge < -0.3 is 19.7 Å². The first-order valence-corrected chi connectivity index (χ1v) is 8.93. The standard InChI is InChI=1S/C21H24N2O4/c1-14-4-6-18(10-15(14)2)22-21(25)8-9-23(16(3)24)12-17-5-7-19-20(11-17)27-13-26-19/h4-7,10-11H,8-9,12-13H2,1-3H3,(H,22,25). The van der Waals surface area contributed by atoms with Crippen molar-refractivity contribution in [2.24, 2.45) is 0 Å². The molecule has 0 aromatic heterocycles. The molecule has 0 saturated carbocycles. The van der Waals surface area contributed by atoms with Gasteiger partial charge in [0.05, 0.1) is 0 Å². The topological polar surface area (TPSA) is 67.9 Å². The van der Waals surface area contributed by atoms with E-state index in [2.05, 4.69) is 5.32 Å². The Hall–Kier alpha value is -3.02. The molecule has 3 rings (SSSR count). The molecule has 1 aliphatic heterocycles. The zero-order valence-electron chi connectivity index (χ0n) is 15.9. The van der Waals surface area contributed by atoms with Gasteiger partial charge in [0.15, 0.2) is 11.5 Å². The molecule has 2 aromatic rings. The summed E-state index contributed by atoms with van der Waals surface area (Å²) in [7, 11) is 0. The molecule has 27 heavy (non-hydrogen) atoms. The van der Waals surface area contributed by atoms with E-state index in [1.807, 2.05) is 50.2 Å². The maximum Gasteiger partial charge on any atom is 0.231 e. The number of nitrogens with one attached hydrogen (secondary N) is 1. The Morgan fingerprint density at radius 1 is 1.04 bits per heavy atom. The highest BCUT2D eigenvalue weighted by molar-refractivity contribution is 5.91. The average molecular weight is 368 g/mol. The Morgan fingerprint density at radius 2 is 1.81 bits per heavy atom. The van der Waals surface area contributed by atoms with Crippen LogP contribution in [0.5, 0.6) is 11.5 Å². The van der Waals surface area contributed by atoms with Crippen LogP contribution in [0.1, 0.15) is 30.0 Å². The van der Waals surface area contributed by atoms with Gasteiger partial charge in [-0.2, -0.15) is 0 Å². The third-order valence-electron chi connectivity index (χ3n) is 4.66. The molecule has 1 heterocycles. The van der Waals surface area contributed by atoms with Crippen molar-refractivity contribution in [3.05, 3.63) is 53.1 Å². The van der Waals surface area contributed by atoms with Crippen molar-refractivity contribution in [3.63, 3.8) is 0 Å². The molecular weight excluding hydrogens is 344 g/mol. The lowest BCUT2D eigenvalue weighted by Gasteiger charge is -2.21. The van der Waals surface area contributed by atoms with Crippen molar-refractivity contribution < 1.29 is 19.1 Å². The Kier molecular flexibility index (Phi) is 5.64. The van der Waals surface area contributed by atoms with Gasteiger partial charge >= 0.3 is 0 Å². The Labute approximate surface area is 159 Å². The van der Waals surface area contributed by atoms with Crippen LogP contribution in [0.4, 0.5) is 5.69 Å². The molecule has 1 N–H and O–H groups in total. The highest BCUT2D eigenvalue weighted by atomic mass is 16.7. The fraction of sp³-hybridized carbons (Fsp3) is 0.333. The molecular formula is C21H24N2O4. The number of nitrogens with zero attached hydrogens (tertiary/aromatic N) is 1. The van der Waals surface area contributed by atoms with Crippen LogP contribution in [-0.4, -0.2) is 30.1 Å².